The number of carbonyl (C=O) groups excluding carboxylic acids is 2. The summed E-state index contributed by atoms with van der Waals surface area (Å²) >= 11 is 0. The van der Waals surface area contributed by atoms with Gasteiger partial charge in [0.25, 0.3) is 0 Å². The zero-order valence-corrected chi connectivity index (χ0v) is 12.6. The summed E-state index contributed by atoms with van der Waals surface area (Å²) in [7, 11) is 0. The fraction of sp³-hybridized carbons (Fsp3) is 0.438. The third kappa shape index (κ3) is 2.81. The molecule has 0 aliphatic carbocycles. The van der Waals surface area contributed by atoms with Crippen LogP contribution in [0.25, 0.3) is 10.9 Å². The van der Waals surface area contributed by atoms with E-state index >= 15 is 0 Å². The Morgan fingerprint density at radius 3 is 3.14 bits per heavy atom. The van der Waals surface area contributed by atoms with E-state index in [4.69, 9.17) is 0 Å². The molecule has 2 heterocycles. The van der Waals surface area contributed by atoms with E-state index in [0.29, 0.717) is 25.9 Å². The fourth-order valence-corrected chi connectivity index (χ4v) is 2.95. The van der Waals surface area contributed by atoms with E-state index in [9.17, 15) is 9.59 Å². The Morgan fingerprint density at radius 1 is 1.45 bits per heavy atom. The summed E-state index contributed by atoms with van der Waals surface area (Å²) in [5.74, 6) is -0.0415. The summed E-state index contributed by atoms with van der Waals surface area (Å²) in [4.78, 5) is 26.4. The largest absolute Gasteiger partial charge is 0.354 e. The van der Waals surface area contributed by atoms with Gasteiger partial charge in [-0.3, -0.25) is 14.7 Å². The van der Waals surface area contributed by atoms with Gasteiger partial charge in [-0.05, 0) is 24.5 Å². The number of nitrogens with one attached hydrogen (secondary N) is 2. The highest BCUT2D eigenvalue weighted by molar-refractivity contribution is 5.89. The highest BCUT2D eigenvalue weighted by Gasteiger charge is 2.29. The minimum atomic E-state index is -0.356. The van der Waals surface area contributed by atoms with Gasteiger partial charge in [0.1, 0.15) is 6.04 Å². The summed E-state index contributed by atoms with van der Waals surface area (Å²) in [5, 5.41) is 10.8. The van der Waals surface area contributed by atoms with Crippen LogP contribution in [0.15, 0.2) is 24.4 Å². The third-order valence-corrected chi connectivity index (χ3v) is 4.12. The smallest absolute Gasteiger partial charge is 0.242 e. The monoisotopic (exact) mass is 300 g/mol. The van der Waals surface area contributed by atoms with Crippen LogP contribution < -0.4 is 5.32 Å². The first-order valence-electron chi connectivity index (χ1n) is 7.68. The van der Waals surface area contributed by atoms with Gasteiger partial charge in [0.05, 0.1) is 18.1 Å². The summed E-state index contributed by atoms with van der Waals surface area (Å²) in [6.45, 7) is 3.20. The number of aromatic amines is 1. The molecule has 0 saturated carbocycles. The second-order valence-corrected chi connectivity index (χ2v) is 5.62. The molecule has 6 nitrogen and oxygen atoms in total. The van der Waals surface area contributed by atoms with Gasteiger partial charge in [-0.1, -0.05) is 19.1 Å². The summed E-state index contributed by atoms with van der Waals surface area (Å²) in [6.07, 6.45) is 3.50. The molecule has 0 bridgehead atoms. The molecule has 3 rings (SSSR count). The Bertz CT molecular complexity index is 694. The van der Waals surface area contributed by atoms with E-state index in [-0.39, 0.29) is 17.9 Å². The zero-order valence-electron chi connectivity index (χ0n) is 12.6. The first kappa shape index (κ1) is 14.6. The molecule has 22 heavy (non-hydrogen) atoms. The van der Waals surface area contributed by atoms with Crippen LogP contribution in [0.5, 0.6) is 0 Å². The molecule has 2 amide bonds. The van der Waals surface area contributed by atoms with Crippen molar-refractivity contribution in [2.75, 3.05) is 13.1 Å². The van der Waals surface area contributed by atoms with E-state index in [2.05, 4.69) is 15.5 Å². The molecule has 6 heteroatoms. The van der Waals surface area contributed by atoms with Crippen molar-refractivity contribution in [3.63, 3.8) is 0 Å². The zero-order chi connectivity index (χ0) is 15.5. The Balaban J connectivity index is 1.78. The molecule has 2 aromatic rings. The van der Waals surface area contributed by atoms with Crippen LogP contribution in [-0.4, -0.2) is 46.0 Å². The van der Waals surface area contributed by atoms with Crippen molar-refractivity contribution < 1.29 is 9.59 Å². The van der Waals surface area contributed by atoms with Crippen molar-refractivity contribution in [1.82, 2.24) is 20.4 Å². The first-order chi connectivity index (χ1) is 10.7. The number of hydrogen-bond acceptors (Lipinski definition) is 3. The second-order valence-electron chi connectivity index (χ2n) is 5.62. The van der Waals surface area contributed by atoms with Crippen LogP contribution in [0.3, 0.4) is 0 Å². The molecule has 1 atom stereocenters. The first-order valence-corrected chi connectivity index (χ1v) is 7.68. The maximum Gasteiger partial charge on any atom is 0.242 e. The van der Waals surface area contributed by atoms with Crippen LogP contribution in [0.4, 0.5) is 0 Å². The topological polar surface area (TPSA) is 78.1 Å². The van der Waals surface area contributed by atoms with Crippen LogP contribution in [0, 0.1) is 0 Å². The Kier molecular flexibility index (Phi) is 4.09. The lowest BCUT2D eigenvalue weighted by atomic mass is 10.1. The van der Waals surface area contributed by atoms with Gasteiger partial charge in [-0.2, -0.15) is 5.10 Å². The van der Waals surface area contributed by atoms with Gasteiger partial charge >= 0.3 is 0 Å². The minimum absolute atomic E-state index is 0.00256. The summed E-state index contributed by atoms with van der Waals surface area (Å²) in [5.41, 5.74) is 1.85. The second kappa shape index (κ2) is 6.17. The van der Waals surface area contributed by atoms with E-state index in [1.54, 1.807) is 11.1 Å². The predicted molar refractivity (Wildman–Crippen MR) is 83.2 cm³/mol. The van der Waals surface area contributed by atoms with Gasteiger partial charge in [-0.25, -0.2) is 0 Å². The highest BCUT2D eigenvalue weighted by Crippen LogP contribution is 2.16. The molecule has 116 valence electrons. The lowest BCUT2D eigenvalue weighted by molar-refractivity contribution is -0.139. The molecule has 1 fully saturated rings. The number of aromatic nitrogens is 2. The third-order valence-electron chi connectivity index (χ3n) is 4.12. The van der Waals surface area contributed by atoms with Gasteiger partial charge in [0, 0.05) is 18.5 Å². The molecule has 1 aliphatic heterocycles. The van der Waals surface area contributed by atoms with Crippen LogP contribution in [-0.2, 0) is 16.0 Å². The lowest BCUT2D eigenvalue weighted by Crippen LogP contribution is -2.47. The van der Waals surface area contributed by atoms with Crippen molar-refractivity contribution in [2.45, 2.75) is 32.2 Å². The number of nitrogens with zero attached hydrogens (tertiary/aromatic N) is 2. The quantitative estimate of drug-likeness (QED) is 0.895. The standard InChI is InChI=1S/C16H20N4O2/c1-2-14-16(22)17-6-3-7-20(14)15(21)9-11-4-5-12-10-18-19-13(12)8-11/h4-5,8,10,14H,2-3,6-7,9H2,1H3,(H,17,22)(H,18,19)/t14-/m0/s1. The molecule has 0 spiro atoms. The fourth-order valence-electron chi connectivity index (χ4n) is 2.95. The van der Waals surface area contributed by atoms with Crippen molar-refractivity contribution in [3.8, 4) is 0 Å². The number of fused-ring (bicyclic) bond motifs is 1. The molecule has 1 aromatic heterocycles. The van der Waals surface area contributed by atoms with E-state index in [0.717, 1.165) is 22.9 Å². The molecule has 1 aliphatic rings. The Labute approximate surface area is 128 Å². The number of H-pyrrole nitrogens is 1. The van der Waals surface area contributed by atoms with Crippen molar-refractivity contribution in [1.29, 1.82) is 0 Å². The highest BCUT2D eigenvalue weighted by atomic mass is 16.2. The Morgan fingerprint density at radius 2 is 2.32 bits per heavy atom. The van der Waals surface area contributed by atoms with Gasteiger partial charge in [0.15, 0.2) is 0 Å². The molecule has 2 N–H and O–H groups in total. The maximum absolute atomic E-state index is 12.6. The lowest BCUT2D eigenvalue weighted by Gasteiger charge is -2.27. The van der Waals surface area contributed by atoms with Crippen LogP contribution in [0.2, 0.25) is 0 Å². The number of benzene rings is 1. The summed E-state index contributed by atoms with van der Waals surface area (Å²) < 4.78 is 0. The maximum atomic E-state index is 12.6. The van der Waals surface area contributed by atoms with E-state index < -0.39 is 0 Å². The number of rotatable bonds is 3. The van der Waals surface area contributed by atoms with Crippen LogP contribution in [0.1, 0.15) is 25.3 Å². The number of amides is 2. The minimum Gasteiger partial charge on any atom is -0.354 e. The Hall–Kier alpha value is -2.37. The summed E-state index contributed by atoms with van der Waals surface area (Å²) in [6, 6.07) is 5.48. The molecule has 0 unspecified atom stereocenters. The molecular formula is C16H20N4O2. The van der Waals surface area contributed by atoms with Gasteiger partial charge < -0.3 is 10.2 Å². The van der Waals surface area contributed by atoms with Gasteiger partial charge in [-0.15, -0.1) is 0 Å². The molecule has 1 saturated heterocycles. The molecule has 0 radical (unpaired) electrons. The average molecular weight is 300 g/mol. The van der Waals surface area contributed by atoms with E-state index in [1.165, 1.54) is 0 Å². The van der Waals surface area contributed by atoms with E-state index in [1.807, 2.05) is 25.1 Å². The molecule has 1 aromatic carbocycles. The van der Waals surface area contributed by atoms with Crippen molar-refractivity contribution >= 4 is 22.7 Å². The average Bonchev–Trinajstić information content (AvgIpc) is 2.89. The normalized spacial score (nSPS) is 19.0. The SMILES string of the molecule is CC[C@H]1C(=O)NCCCN1C(=O)Cc1ccc2cn[nH]c2c1. The predicted octanol–water partition coefficient (Wildman–Crippen LogP) is 1.23. The molecular weight excluding hydrogens is 280 g/mol. The van der Waals surface area contributed by atoms with Crippen molar-refractivity contribution in [3.05, 3.63) is 30.0 Å². The number of carbonyl (C=O) groups is 2. The van der Waals surface area contributed by atoms with Crippen molar-refractivity contribution in [2.24, 2.45) is 0 Å². The van der Waals surface area contributed by atoms with Gasteiger partial charge in [0.2, 0.25) is 11.8 Å². The number of hydrogen-bond donors (Lipinski definition) is 2. The van der Waals surface area contributed by atoms with Crippen LogP contribution >= 0.6 is 0 Å².